The number of aromatic carboxylic acids is 1. The van der Waals surface area contributed by atoms with Crippen LogP contribution in [-0.4, -0.2) is 36.9 Å². The van der Waals surface area contributed by atoms with E-state index in [4.69, 9.17) is 5.11 Å². The first-order valence-corrected chi connectivity index (χ1v) is 7.55. The number of hydrogen-bond acceptors (Lipinski definition) is 4. The van der Waals surface area contributed by atoms with Crippen molar-refractivity contribution in [2.24, 2.45) is 0 Å². The van der Waals surface area contributed by atoms with Crippen molar-refractivity contribution in [2.75, 3.05) is 7.05 Å². The number of thiophene rings is 1. The second-order valence-corrected chi connectivity index (χ2v) is 6.91. The number of carbonyl (C=O) groups is 1. The van der Waals surface area contributed by atoms with E-state index >= 15 is 0 Å². The van der Waals surface area contributed by atoms with E-state index in [1.54, 1.807) is 0 Å². The van der Waals surface area contributed by atoms with Crippen LogP contribution in [0.5, 0.6) is 0 Å². The molecule has 7 heteroatoms. The average molecular weight is 275 g/mol. The zero-order valence-electron chi connectivity index (χ0n) is 9.29. The highest BCUT2D eigenvalue weighted by Crippen LogP contribution is 2.31. The Morgan fingerprint density at radius 1 is 1.53 bits per heavy atom. The molecule has 0 spiro atoms. The van der Waals surface area contributed by atoms with Gasteiger partial charge in [0.2, 0.25) is 10.0 Å². The van der Waals surface area contributed by atoms with Gasteiger partial charge in [-0.15, -0.1) is 11.3 Å². The smallest absolute Gasteiger partial charge is 0.347 e. The highest BCUT2D eigenvalue weighted by atomic mass is 32.2. The topological polar surface area (TPSA) is 74.7 Å². The molecule has 94 valence electrons. The van der Waals surface area contributed by atoms with E-state index in [-0.39, 0.29) is 15.8 Å². The Morgan fingerprint density at radius 2 is 2.18 bits per heavy atom. The summed E-state index contributed by atoms with van der Waals surface area (Å²) in [7, 11) is -2.15. The molecule has 1 saturated carbocycles. The van der Waals surface area contributed by atoms with E-state index in [0.717, 1.165) is 30.6 Å². The van der Waals surface area contributed by atoms with Crippen LogP contribution in [0.2, 0.25) is 0 Å². The summed E-state index contributed by atoms with van der Waals surface area (Å²) in [5.41, 5.74) is 0. The maximum atomic E-state index is 12.2. The normalized spacial score (nSPS) is 17.1. The number of rotatable bonds is 4. The minimum atomic E-state index is -3.67. The van der Waals surface area contributed by atoms with E-state index < -0.39 is 16.0 Å². The van der Waals surface area contributed by atoms with Crippen LogP contribution in [0.25, 0.3) is 0 Å². The Morgan fingerprint density at radius 3 is 2.65 bits per heavy atom. The lowest BCUT2D eigenvalue weighted by Crippen LogP contribution is -2.41. The van der Waals surface area contributed by atoms with Crippen molar-refractivity contribution >= 4 is 27.3 Å². The highest BCUT2D eigenvalue weighted by Gasteiger charge is 2.34. The number of carboxylic acid groups (broad SMARTS) is 1. The molecule has 1 heterocycles. The molecule has 1 N–H and O–H groups in total. The van der Waals surface area contributed by atoms with Crippen LogP contribution in [0.15, 0.2) is 16.3 Å². The fraction of sp³-hybridized carbons (Fsp3) is 0.500. The van der Waals surface area contributed by atoms with E-state index in [0.29, 0.717) is 0 Å². The predicted molar refractivity (Wildman–Crippen MR) is 63.9 cm³/mol. The quantitative estimate of drug-likeness (QED) is 0.906. The lowest BCUT2D eigenvalue weighted by Gasteiger charge is -2.33. The van der Waals surface area contributed by atoms with Gasteiger partial charge in [-0.3, -0.25) is 0 Å². The minimum Gasteiger partial charge on any atom is -0.477 e. The molecular weight excluding hydrogens is 262 g/mol. The van der Waals surface area contributed by atoms with Crippen LogP contribution in [0.1, 0.15) is 28.9 Å². The van der Waals surface area contributed by atoms with Gasteiger partial charge >= 0.3 is 5.97 Å². The van der Waals surface area contributed by atoms with Crippen LogP contribution in [0, 0.1) is 0 Å². The van der Waals surface area contributed by atoms with Crippen molar-refractivity contribution in [2.45, 2.75) is 30.2 Å². The lowest BCUT2D eigenvalue weighted by molar-refractivity contribution is 0.0698. The summed E-state index contributed by atoms with van der Waals surface area (Å²) in [6.07, 6.45) is 2.73. The first kappa shape index (κ1) is 12.5. The molecule has 1 fully saturated rings. The van der Waals surface area contributed by atoms with Crippen molar-refractivity contribution in [3.63, 3.8) is 0 Å². The fourth-order valence-electron chi connectivity index (χ4n) is 1.76. The van der Waals surface area contributed by atoms with E-state index in [9.17, 15) is 13.2 Å². The van der Waals surface area contributed by atoms with Gasteiger partial charge in [-0.2, -0.15) is 4.31 Å². The Balaban J connectivity index is 2.37. The third kappa shape index (κ3) is 2.10. The fourth-order valence-corrected chi connectivity index (χ4v) is 4.41. The molecular formula is C10H13NO4S2. The summed E-state index contributed by atoms with van der Waals surface area (Å²) in [6, 6.07) is 1.38. The summed E-state index contributed by atoms with van der Waals surface area (Å²) in [6.45, 7) is 0. The van der Waals surface area contributed by atoms with Crippen LogP contribution in [-0.2, 0) is 10.0 Å². The maximum Gasteiger partial charge on any atom is 0.347 e. The summed E-state index contributed by atoms with van der Waals surface area (Å²) in [5.74, 6) is -1.19. The third-order valence-corrected chi connectivity index (χ3v) is 6.05. The summed E-state index contributed by atoms with van der Waals surface area (Å²) >= 11 is 0.934. The summed E-state index contributed by atoms with van der Waals surface area (Å²) < 4.78 is 25.7. The molecule has 0 bridgehead atoms. The number of carboxylic acids is 1. The van der Waals surface area contributed by atoms with Crippen molar-refractivity contribution in [3.8, 4) is 0 Å². The van der Waals surface area contributed by atoms with Gasteiger partial charge in [-0.1, -0.05) is 6.42 Å². The van der Waals surface area contributed by atoms with Crippen molar-refractivity contribution in [1.29, 1.82) is 0 Å². The van der Waals surface area contributed by atoms with Gasteiger partial charge in [0, 0.05) is 13.1 Å². The number of nitrogens with zero attached hydrogens (tertiary/aromatic N) is 1. The molecule has 1 aromatic heterocycles. The largest absolute Gasteiger partial charge is 0.477 e. The first-order chi connectivity index (χ1) is 7.94. The molecule has 1 aromatic rings. The van der Waals surface area contributed by atoms with Gasteiger partial charge in [0.05, 0.1) is 0 Å². The van der Waals surface area contributed by atoms with E-state index in [1.807, 2.05) is 0 Å². The predicted octanol–water partition coefficient (Wildman–Crippen LogP) is 1.62. The second-order valence-electron chi connectivity index (χ2n) is 4.03. The average Bonchev–Trinajstić information content (AvgIpc) is 2.63. The molecule has 0 saturated heterocycles. The van der Waals surface area contributed by atoms with Crippen LogP contribution >= 0.6 is 11.3 Å². The highest BCUT2D eigenvalue weighted by molar-refractivity contribution is 7.89. The van der Waals surface area contributed by atoms with Crippen LogP contribution < -0.4 is 0 Å². The van der Waals surface area contributed by atoms with Gasteiger partial charge in [0.25, 0.3) is 0 Å². The van der Waals surface area contributed by atoms with Crippen molar-refractivity contribution in [3.05, 3.63) is 16.3 Å². The molecule has 0 radical (unpaired) electrons. The molecule has 17 heavy (non-hydrogen) atoms. The van der Waals surface area contributed by atoms with Gasteiger partial charge in [0.15, 0.2) is 0 Å². The SMILES string of the molecule is CN(C1CCC1)S(=O)(=O)c1ccsc1C(=O)O. The Kier molecular flexibility index (Phi) is 3.24. The second kappa shape index (κ2) is 4.40. The zero-order valence-corrected chi connectivity index (χ0v) is 10.9. The lowest BCUT2D eigenvalue weighted by atomic mass is 9.94. The van der Waals surface area contributed by atoms with E-state index in [2.05, 4.69) is 0 Å². The summed E-state index contributed by atoms with van der Waals surface area (Å²) in [4.78, 5) is 10.7. The first-order valence-electron chi connectivity index (χ1n) is 5.23. The minimum absolute atomic E-state index is 0.0153. The molecule has 1 aliphatic carbocycles. The van der Waals surface area contributed by atoms with E-state index in [1.165, 1.54) is 22.8 Å². The standard InChI is InChI=1S/C10H13NO4S2/c1-11(7-3-2-4-7)17(14,15)8-5-6-16-9(8)10(12)13/h5-7H,2-4H2,1H3,(H,12,13). The van der Waals surface area contributed by atoms with Gasteiger partial charge in [-0.25, -0.2) is 13.2 Å². The van der Waals surface area contributed by atoms with Gasteiger partial charge in [0.1, 0.15) is 9.77 Å². The molecule has 2 rings (SSSR count). The monoisotopic (exact) mass is 275 g/mol. The van der Waals surface area contributed by atoms with Crippen LogP contribution in [0.4, 0.5) is 0 Å². The molecule has 0 aliphatic heterocycles. The molecule has 0 aromatic carbocycles. The Hall–Kier alpha value is -0.920. The third-order valence-electron chi connectivity index (χ3n) is 3.07. The Bertz CT molecular complexity index is 530. The molecule has 5 nitrogen and oxygen atoms in total. The van der Waals surface area contributed by atoms with Gasteiger partial charge < -0.3 is 5.11 Å². The van der Waals surface area contributed by atoms with Gasteiger partial charge in [-0.05, 0) is 24.3 Å². The Labute approximate surface area is 104 Å². The number of hydrogen-bond donors (Lipinski definition) is 1. The summed E-state index contributed by atoms with van der Waals surface area (Å²) in [5, 5.41) is 10.4. The molecule has 1 aliphatic rings. The van der Waals surface area contributed by atoms with Crippen molar-refractivity contribution < 1.29 is 18.3 Å². The molecule has 0 unspecified atom stereocenters. The van der Waals surface area contributed by atoms with Crippen molar-refractivity contribution in [1.82, 2.24) is 4.31 Å². The van der Waals surface area contributed by atoms with Crippen LogP contribution in [0.3, 0.4) is 0 Å². The maximum absolute atomic E-state index is 12.2. The molecule has 0 atom stereocenters. The number of sulfonamides is 1. The molecule has 0 amide bonds. The zero-order chi connectivity index (χ0) is 12.6.